The summed E-state index contributed by atoms with van der Waals surface area (Å²) in [6.45, 7) is 1.40. The summed E-state index contributed by atoms with van der Waals surface area (Å²) in [6, 6.07) is 3.48. The molecule has 0 bridgehead atoms. The van der Waals surface area contributed by atoms with E-state index >= 15 is 0 Å². The second-order valence-corrected chi connectivity index (χ2v) is 6.84. The number of carbonyl (C=O) groups is 1. The molecule has 0 fully saturated rings. The minimum atomic E-state index is -3.89. The number of carboxylic acid groups (broad SMARTS) is 1. The van der Waals surface area contributed by atoms with Crippen LogP contribution >= 0.6 is 11.3 Å². The number of sulfonamides is 1. The van der Waals surface area contributed by atoms with Crippen molar-refractivity contribution in [1.82, 2.24) is 9.71 Å². The van der Waals surface area contributed by atoms with Crippen LogP contribution in [-0.2, 0) is 16.6 Å². The molecule has 0 unspecified atom stereocenters. The smallest absolute Gasteiger partial charge is 0.355 e. The summed E-state index contributed by atoms with van der Waals surface area (Å²) in [7, 11) is -3.89. The minimum absolute atomic E-state index is 0.142. The average Bonchev–Trinajstić information content (AvgIpc) is 2.88. The van der Waals surface area contributed by atoms with Gasteiger partial charge < -0.3 is 5.11 Å². The van der Waals surface area contributed by atoms with Crippen molar-refractivity contribution in [3.63, 3.8) is 0 Å². The van der Waals surface area contributed by atoms with Crippen LogP contribution in [0.5, 0.6) is 0 Å². The molecule has 0 saturated heterocycles. The van der Waals surface area contributed by atoms with Gasteiger partial charge in [0.15, 0.2) is 5.69 Å². The van der Waals surface area contributed by atoms with Crippen LogP contribution in [0.4, 0.5) is 4.39 Å². The third-order valence-electron chi connectivity index (χ3n) is 2.62. The molecular weight excluding hydrogens is 319 g/mol. The molecule has 2 rings (SSSR count). The van der Waals surface area contributed by atoms with E-state index in [1.165, 1.54) is 17.5 Å². The second-order valence-electron chi connectivity index (χ2n) is 4.17. The number of nitrogens with one attached hydrogen (secondary N) is 1. The lowest BCUT2D eigenvalue weighted by Crippen LogP contribution is -2.24. The monoisotopic (exact) mass is 330 g/mol. The van der Waals surface area contributed by atoms with E-state index in [4.69, 9.17) is 5.11 Å². The number of hydrogen-bond acceptors (Lipinski definition) is 5. The van der Waals surface area contributed by atoms with E-state index in [0.717, 1.165) is 17.4 Å². The third-order valence-corrected chi connectivity index (χ3v) is 5.02. The van der Waals surface area contributed by atoms with Crippen molar-refractivity contribution >= 4 is 27.3 Å². The van der Waals surface area contributed by atoms with E-state index in [1.807, 2.05) is 0 Å². The molecule has 0 amide bonds. The Morgan fingerprint density at radius 3 is 2.81 bits per heavy atom. The Kier molecular flexibility index (Phi) is 4.35. The Hall–Kier alpha value is -1.84. The number of aryl methyl sites for hydroxylation is 1. The molecule has 0 aliphatic rings. The zero-order chi connectivity index (χ0) is 15.6. The first-order valence-electron chi connectivity index (χ1n) is 5.73. The lowest BCUT2D eigenvalue weighted by molar-refractivity contribution is 0.0691. The van der Waals surface area contributed by atoms with Gasteiger partial charge in [-0.15, -0.1) is 11.3 Å². The molecule has 9 heteroatoms. The molecule has 0 radical (unpaired) electrons. The van der Waals surface area contributed by atoms with Crippen LogP contribution in [0.1, 0.15) is 21.1 Å². The van der Waals surface area contributed by atoms with Gasteiger partial charge in [-0.1, -0.05) is 6.07 Å². The van der Waals surface area contributed by atoms with Gasteiger partial charge >= 0.3 is 5.97 Å². The van der Waals surface area contributed by atoms with E-state index in [-0.39, 0.29) is 17.1 Å². The first-order chi connectivity index (χ1) is 9.79. The molecule has 112 valence electrons. The van der Waals surface area contributed by atoms with E-state index < -0.39 is 21.8 Å². The van der Waals surface area contributed by atoms with Crippen LogP contribution in [0.15, 0.2) is 28.5 Å². The van der Waals surface area contributed by atoms with Crippen LogP contribution in [-0.4, -0.2) is 24.5 Å². The molecule has 0 saturated carbocycles. The largest absolute Gasteiger partial charge is 0.476 e. The van der Waals surface area contributed by atoms with Crippen LogP contribution in [0, 0.1) is 12.7 Å². The highest BCUT2D eigenvalue weighted by molar-refractivity contribution is 7.89. The molecular formula is C12H11FN2O4S2. The SMILES string of the molecule is Cc1ccc(F)cc1S(=O)(=O)NCc1nc(C(=O)O)cs1. The molecule has 0 aliphatic heterocycles. The Morgan fingerprint density at radius 1 is 1.48 bits per heavy atom. The molecule has 0 spiro atoms. The molecule has 0 aliphatic carbocycles. The normalized spacial score (nSPS) is 11.5. The maximum Gasteiger partial charge on any atom is 0.355 e. The topological polar surface area (TPSA) is 96.4 Å². The fraction of sp³-hybridized carbons (Fsp3) is 0.167. The second kappa shape index (κ2) is 5.88. The Labute approximate surface area is 124 Å². The van der Waals surface area contributed by atoms with Gasteiger partial charge in [0.05, 0.1) is 11.4 Å². The summed E-state index contributed by atoms with van der Waals surface area (Å²) < 4.78 is 39.6. The summed E-state index contributed by atoms with van der Waals surface area (Å²) in [5, 5.41) is 10.4. The molecule has 21 heavy (non-hydrogen) atoms. The van der Waals surface area contributed by atoms with Gasteiger partial charge in [0, 0.05) is 5.38 Å². The van der Waals surface area contributed by atoms with Gasteiger partial charge in [0.2, 0.25) is 10.0 Å². The summed E-state index contributed by atoms with van der Waals surface area (Å²) in [5.74, 6) is -1.83. The van der Waals surface area contributed by atoms with Crippen LogP contribution in [0.2, 0.25) is 0 Å². The Balaban J connectivity index is 2.17. The maximum absolute atomic E-state index is 13.2. The summed E-state index contributed by atoms with van der Waals surface area (Å²) in [5.41, 5.74) is 0.269. The quantitative estimate of drug-likeness (QED) is 0.871. The van der Waals surface area contributed by atoms with Gasteiger partial charge in [-0.3, -0.25) is 0 Å². The molecule has 1 aromatic heterocycles. The fourth-order valence-electron chi connectivity index (χ4n) is 1.59. The van der Waals surface area contributed by atoms with Gasteiger partial charge in [0.1, 0.15) is 10.8 Å². The van der Waals surface area contributed by atoms with Gasteiger partial charge in [-0.2, -0.15) is 0 Å². The van der Waals surface area contributed by atoms with Crippen molar-refractivity contribution in [2.24, 2.45) is 0 Å². The van der Waals surface area contributed by atoms with E-state index in [9.17, 15) is 17.6 Å². The molecule has 6 nitrogen and oxygen atoms in total. The predicted octanol–water partition coefficient (Wildman–Crippen LogP) is 1.77. The number of halogens is 1. The standard InChI is InChI=1S/C12H11FN2O4S2/c1-7-2-3-8(13)4-10(7)21(18,19)14-5-11-15-9(6-20-11)12(16)17/h2-4,6,14H,5H2,1H3,(H,16,17). The molecule has 1 aromatic carbocycles. The first kappa shape index (κ1) is 15.5. The van der Waals surface area contributed by atoms with Crippen molar-refractivity contribution in [1.29, 1.82) is 0 Å². The molecule has 2 N–H and O–H groups in total. The fourth-order valence-corrected chi connectivity index (χ4v) is 3.63. The van der Waals surface area contributed by atoms with Crippen LogP contribution < -0.4 is 4.72 Å². The van der Waals surface area contributed by atoms with Crippen molar-refractivity contribution in [3.05, 3.63) is 45.7 Å². The van der Waals surface area contributed by atoms with Gasteiger partial charge in [0.25, 0.3) is 0 Å². The lowest BCUT2D eigenvalue weighted by atomic mass is 10.2. The Morgan fingerprint density at radius 2 is 2.19 bits per heavy atom. The first-order valence-corrected chi connectivity index (χ1v) is 8.09. The highest BCUT2D eigenvalue weighted by atomic mass is 32.2. The number of benzene rings is 1. The third kappa shape index (κ3) is 3.63. The average molecular weight is 330 g/mol. The number of thiazole rings is 1. The number of carboxylic acids is 1. The highest BCUT2D eigenvalue weighted by Crippen LogP contribution is 2.17. The van der Waals surface area contributed by atoms with Gasteiger partial charge in [-0.05, 0) is 24.6 Å². The predicted molar refractivity (Wildman–Crippen MR) is 74.2 cm³/mol. The highest BCUT2D eigenvalue weighted by Gasteiger charge is 2.18. The van der Waals surface area contributed by atoms with Crippen molar-refractivity contribution < 1.29 is 22.7 Å². The number of rotatable bonds is 5. The van der Waals surface area contributed by atoms with Crippen molar-refractivity contribution in [2.45, 2.75) is 18.4 Å². The Bertz CT molecular complexity index is 786. The van der Waals surface area contributed by atoms with Crippen LogP contribution in [0.3, 0.4) is 0 Å². The maximum atomic E-state index is 13.2. The number of hydrogen-bond donors (Lipinski definition) is 2. The van der Waals surface area contributed by atoms with E-state index in [1.54, 1.807) is 6.92 Å². The number of nitrogens with zero attached hydrogens (tertiary/aromatic N) is 1. The summed E-state index contributed by atoms with van der Waals surface area (Å²) >= 11 is 1.03. The summed E-state index contributed by atoms with van der Waals surface area (Å²) in [6.07, 6.45) is 0. The number of aromatic carboxylic acids is 1. The molecule has 1 heterocycles. The number of aromatic nitrogens is 1. The van der Waals surface area contributed by atoms with E-state index in [2.05, 4.69) is 9.71 Å². The zero-order valence-corrected chi connectivity index (χ0v) is 12.5. The molecule has 0 atom stereocenters. The lowest BCUT2D eigenvalue weighted by Gasteiger charge is -2.08. The van der Waals surface area contributed by atoms with Crippen molar-refractivity contribution in [2.75, 3.05) is 0 Å². The summed E-state index contributed by atoms with van der Waals surface area (Å²) in [4.78, 5) is 14.3. The van der Waals surface area contributed by atoms with Crippen LogP contribution in [0.25, 0.3) is 0 Å². The molecule has 2 aromatic rings. The van der Waals surface area contributed by atoms with Gasteiger partial charge in [-0.25, -0.2) is 27.3 Å². The zero-order valence-electron chi connectivity index (χ0n) is 10.8. The van der Waals surface area contributed by atoms with Crippen molar-refractivity contribution in [3.8, 4) is 0 Å². The van der Waals surface area contributed by atoms with E-state index in [0.29, 0.717) is 10.6 Å². The minimum Gasteiger partial charge on any atom is -0.476 e.